The second-order valence-electron chi connectivity index (χ2n) is 7.32. The second kappa shape index (κ2) is 10.3. The van der Waals surface area contributed by atoms with Gasteiger partial charge in [-0.05, 0) is 49.2 Å². The Morgan fingerprint density at radius 3 is 2.44 bits per heavy atom. The molecule has 2 aromatic carbocycles. The fourth-order valence-corrected chi connectivity index (χ4v) is 5.21. The van der Waals surface area contributed by atoms with Crippen molar-refractivity contribution >= 4 is 27.3 Å². The molecule has 0 unspecified atom stereocenters. The maximum absolute atomic E-state index is 13.0. The van der Waals surface area contributed by atoms with E-state index in [9.17, 15) is 22.0 Å². The van der Waals surface area contributed by atoms with Crippen LogP contribution in [-0.4, -0.2) is 51.4 Å². The number of nitrogens with one attached hydrogen (secondary N) is 1. The monoisotopic (exact) mass is 467 g/mol. The van der Waals surface area contributed by atoms with Gasteiger partial charge in [-0.2, -0.15) is 13.1 Å². The number of nitrogens with zero attached hydrogens (tertiary/aromatic N) is 2. The first-order valence-electron chi connectivity index (χ1n) is 10.5. The fraction of sp³-hybridized carbons (Fsp3) is 0.409. The summed E-state index contributed by atoms with van der Waals surface area (Å²) in [5.74, 6) is -0.687. The maximum atomic E-state index is 13.0. The van der Waals surface area contributed by atoms with Crippen LogP contribution in [0.1, 0.15) is 37.0 Å². The Labute approximate surface area is 187 Å². The largest absolute Gasteiger partial charge is 0.435 e. The summed E-state index contributed by atoms with van der Waals surface area (Å²) < 4.78 is 56.7. The van der Waals surface area contributed by atoms with Crippen LogP contribution in [0.3, 0.4) is 0 Å². The van der Waals surface area contributed by atoms with Crippen LogP contribution in [0.2, 0.25) is 0 Å². The predicted molar refractivity (Wildman–Crippen MR) is 119 cm³/mol. The highest BCUT2D eigenvalue weighted by Gasteiger charge is 2.25. The summed E-state index contributed by atoms with van der Waals surface area (Å²) in [5.41, 5.74) is 1.19. The molecule has 3 rings (SSSR count). The molecule has 0 aliphatic carbocycles. The Hall–Kier alpha value is -2.72. The van der Waals surface area contributed by atoms with Gasteiger partial charge in [-0.15, -0.1) is 0 Å². The Bertz CT molecular complexity index is 1050. The van der Waals surface area contributed by atoms with E-state index in [4.69, 9.17) is 0 Å². The van der Waals surface area contributed by atoms with Crippen molar-refractivity contribution in [3.8, 4) is 5.75 Å². The first-order valence-corrected chi connectivity index (χ1v) is 12.0. The van der Waals surface area contributed by atoms with Crippen LogP contribution in [0.25, 0.3) is 0 Å². The number of ether oxygens (including phenoxy) is 1. The molecule has 0 saturated carbocycles. The van der Waals surface area contributed by atoms with E-state index in [1.54, 1.807) is 26.0 Å². The average molecular weight is 468 g/mol. The van der Waals surface area contributed by atoms with Gasteiger partial charge in [0.1, 0.15) is 5.75 Å². The lowest BCUT2D eigenvalue weighted by Crippen LogP contribution is -2.31. The van der Waals surface area contributed by atoms with E-state index in [2.05, 4.69) is 15.0 Å². The highest BCUT2D eigenvalue weighted by Crippen LogP contribution is 2.33. The molecule has 1 aliphatic heterocycles. The van der Waals surface area contributed by atoms with Gasteiger partial charge in [0.25, 0.3) is 5.91 Å². The zero-order valence-electron chi connectivity index (χ0n) is 18.1. The third-order valence-electron chi connectivity index (χ3n) is 5.33. The number of hydrogen-bond acceptors (Lipinski definition) is 5. The first kappa shape index (κ1) is 23.9. The lowest BCUT2D eigenvalue weighted by atomic mass is 10.2. The van der Waals surface area contributed by atoms with Gasteiger partial charge in [0, 0.05) is 31.7 Å². The first-order chi connectivity index (χ1) is 15.3. The smallest absolute Gasteiger partial charge is 0.387 e. The molecule has 0 aromatic heterocycles. The summed E-state index contributed by atoms with van der Waals surface area (Å²) >= 11 is 0. The van der Waals surface area contributed by atoms with Gasteiger partial charge in [-0.25, -0.2) is 8.42 Å². The van der Waals surface area contributed by atoms with Crippen molar-refractivity contribution in [1.82, 2.24) is 4.31 Å². The molecule has 0 spiro atoms. The van der Waals surface area contributed by atoms with Gasteiger partial charge in [0.15, 0.2) is 0 Å². The minimum absolute atomic E-state index is 0.0780. The molecular weight excluding hydrogens is 440 g/mol. The number of rotatable bonds is 9. The van der Waals surface area contributed by atoms with E-state index in [1.165, 1.54) is 34.6 Å². The number of halogens is 2. The van der Waals surface area contributed by atoms with Crippen LogP contribution < -0.4 is 15.0 Å². The average Bonchev–Trinajstić information content (AvgIpc) is 3.28. The van der Waals surface area contributed by atoms with E-state index in [-0.39, 0.29) is 16.2 Å². The molecule has 1 saturated heterocycles. The second-order valence-corrected chi connectivity index (χ2v) is 9.26. The topological polar surface area (TPSA) is 79.0 Å². The van der Waals surface area contributed by atoms with E-state index >= 15 is 0 Å². The molecule has 0 radical (unpaired) electrons. The number of carbonyl (C=O) groups is 1. The highest BCUT2D eigenvalue weighted by atomic mass is 32.2. The molecule has 0 atom stereocenters. The van der Waals surface area contributed by atoms with E-state index < -0.39 is 22.5 Å². The molecule has 174 valence electrons. The zero-order chi connectivity index (χ0) is 23.3. The van der Waals surface area contributed by atoms with Crippen molar-refractivity contribution in [2.75, 3.05) is 36.4 Å². The van der Waals surface area contributed by atoms with Crippen LogP contribution >= 0.6 is 0 Å². The third kappa shape index (κ3) is 5.36. The molecule has 1 fully saturated rings. The molecule has 1 amide bonds. The van der Waals surface area contributed by atoms with E-state index in [0.717, 1.165) is 25.9 Å². The standard InChI is InChI=1S/C22H27F2N3O4S/c1-3-27(4-2)32(29,30)18-10-11-20(26-12-5-6-13-26)19(15-18)25-21(28)16-8-7-9-17(14-16)31-22(23)24/h7-11,14-15,22H,3-6,12-13H2,1-2H3,(H,25,28). The van der Waals surface area contributed by atoms with Gasteiger partial charge in [0.05, 0.1) is 16.3 Å². The predicted octanol–water partition coefficient (Wildman–Crippen LogP) is 4.17. The van der Waals surface area contributed by atoms with Crippen LogP contribution in [-0.2, 0) is 10.0 Å². The molecule has 32 heavy (non-hydrogen) atoms. The van der Waals surface area contributed by atoms with Crippen LogP contribution in [0.15, 0.2) is 47.4 Å². The number of amides is 1. The molecule has 1 aliphatic rings. The normalized spacial score (nSPS) is 14.2. The van der Waals surface area contributed by atoms with Gasteiger partial charge < -0.3 is 15.0 Å². The van der Waals surface area contributed by atoms with E-state index in [0.29, 0.717) is 24.5 Å². The van der Waals surface area contributed by atoms with Crippen molar-refractivity contribution in [3.63, 3.8) is 0 Å². The summed E-state index contributed by atoms with van der Waals surface area (Å²) in [7, 11) is -3.72. The Kier molecular flexibility index (Phi) is 7.68. The number of sulfonamides is 1. The number of alkyl halides is 2. The molecule has 10 heteroatoms. The summed E-state index contributed by atoms with van der Waals surface area (Å²) in [5, 5.41) is 2.77. The summed E-state index contributed by atoms with van der Waals surface area (Å²) in [6, 6.07) is 10.2. The quantitative estimate of drug-likeness (QED) is 0.599. The maximum Gasteiger partial charge on any atom is 0.387 e. The molecule has 0 bridgehead atoms. The fourth-order valence-electron chi connectivity index (χ4n) is 3.73. The van der Waals surface area contributed by atoms with Crippen molar-refractivity contribution in [2.24, 2.45) is 0 Å². The highest BCUT2D eigenvalue weighted by molar-refractivity contribution is 7.89. The number of hydrogen-bond donors (Lipinski definition) is 1. The van der Waals surface area contributed by atoms with Crippen molar-refractivity contribution in [3.05, 3.63) is 48.0 Å². The van der Waals surface area contributed by atoms with Crippen molar-refractivity contribution in [2.45, 2.75) is 38.2 Å². The Morgan fingerprint density at radius 1 is 1.12 bits per heavy atom. The van der Waals surface area contributed by atoms with Gasteiger partial charge in [0.2, 0.25) is 10.0 Å². The number of anilines is 2. The summed E-state index contributed by atoms with van der Waals surface area (Å²) in [6.45, 7) is 2.76. The van der Waals surface area contributed by atoms with Gasteiger partial charge in [-0.3, -0.25) is 4.79 Å². The Balaban J connectivity index is 1.96. The number of carbonyl (C=O) groups excluding carboxylic acids is 1. The SMILES string of the molecule is CCN(CC)S(=O)(=O)c1ccc(N2CCCC2)c(NC(=O)c2cccc(OC(F)F)c2)c1. The van der Waals surface area contributed by atoms with Crippen molar-refractivity contribution in [1.29, 1.82) is 0 Å². The minimum Gasteiger partial charge on any atom is -0.435 e. The van der Waals surface area contributed by atoms with Crippen LogP contribution in [0.4, 0.5) is 20.2 Å². The van der Waals surface area contributed by atoms with Crippen LogP contribution in [0.5, 0.6) is 5.75 Å². The minimum atomic E-state index is -3.72. The van der Waals surface area contributed by atoms with Gasteiger partial charge in [-0.1, -0.05) is 19.9 Å². The Morgan fingerprint density at radius 2 is 1.81 bits per heavy atom. The molecule has 2 aromatic rings. The molecule has 7 nitrogen and oxygen atoms in total. The summed E-state index contributed by atoms with van der Waals surface area (Å²) in [4.78, 5) is 15.1. The van der Waals surface area contributed by atoms with Crippen LogP contribution in [0, 0.1) is 0 Å². The molecule has 1 N–H and O–H groups in total. The summed E-state index contributed by atoms with van der Waals surface area (Å²) in [6.07, 6.45) is 2.00. The lowest BCUT2D eigenvalue weighted by molar-refractivity contribution is -0.0498. The third-order valence-corrected chi connectivity index (χ3v) is 7.37. The zero-order valence-corrected chi connectivity index (χ0v) is 18.9. The van der Waals surface area contributed by atoms with E-state index in [1.807, 2.05) is 0 Å². The number of benzene rings is 2. The molecule has 1 heterocycles. The lowest BCUT2D eigenvalue weighted by Gasteiger charge is -2.24. The van der Waals surface area contributed by atoms with Gasteiger partial charge >= 0.3 is 6.61 Å². The van der Waals surface area contributed by atoms with Crippen molar-refractivity contribution < 1.29 is 26.7 Å². The molecular formula is C22H27F2N3O4S.